The Labute approximate surface area is 183 Å². The van der Waals surface area contributed by atoms with Gasteiger partial charge in [0.1, 0.15) is 29.5 Å². The minimum atomic E-state index is -0.397. The zero-order valence-corrected chi connectivity index (χ0v) is 17.5. The van der Waals surface area contributed by atoms with Gasteiger partial charge in [-0.1, -0.05) is 0 Å². The summed E-state index contributed by atoms with van der Waals surface area (Å²) >= 11 is 0. The number of halogens is 1. The molecule has 1 saturated heterocycles. The SMILES string of the molecule is O=c1cc(OCc2ccc(F)cn2)ccn1-c1ccc2c3c(oc2c1)CCN1CCCC31. The molecule has 4 aromatic rings. The fourth-order valence-electron chi connectivity index (χ4n) is 4.94. The minimum Gasteiger partial charge on any atom is -0.487 e. The number of fused-ring (bicyclic) bond motifs is 5. The molecule has 2 aliphatic heterocycles. The largest absolute Gasteiger partial charge is 0.487 e. The fourth-order valence-corrected chi connectivity index (χ4v) is 4.94. The smallest absolute Gasteiger partial charge is 0.258 e. The van der Waals surface area contributed by atoms with Crippen LogP contribution < -0.4 is 10.3 Å². The number of furan rings is 1. The van der Waals surface area contributed by atoms with Gasteiger partial charge in [-0.3, -0.25) is 19.2 Å². The van der Waals surface area contributed by atoms with E-state index in [1.165, 1.54) is 30.5 Å². The maximum Gasteiger partial charge on any atom is 0.258 e. The number of ether oxygens (including phenoxy) is 1. The lowest BCUT2D eigenvalue weighted by Crippen LogP contribution is -2.30. The van der Waals surface area contributed by atoms with Crippen molar-refractivity contribution in [2.45, 2.75) is 31.9 Å². The van der Waals surface area contributed by atoms with Crippen LogP contribution in [0.1, 0.15) is 35.9 Å². The van der Waals surface area contributed by atoms with Crippen LogP contribution in [-0.2, 0) is 13.0 Å². The van der Waals surface area contributed by atoms with Crippen molar-refractivity contribution in [2.24, 2.45) is 0 Å². The van der Waals surface area contributed by atoms with Gasteiger partial charge in [-0.05, 0) is 49.7 Å². The van der Waals surface area contributed by atoms with E-state index in [0.29, 0.717) is 17.5 Å². The van der Waals surface area contributed by atoms with E-state index < -0.39 is 5.82 Å². The third kappa shape index (κ3) is 3.29. The Morgan fingerprint density at radius 1 is 1.16 bits per heavy atom. The minimum absolute atomic E-state index is 0.159. The molecule has 3 aromatic heterocycles. The maximum atomic E-state index is 13.0. The summed E-state index contributed by atoms with van der Waals surface area (Å²) in [5.41, 5.74) is 3.30. The molecule has 0 amide bonds. The summed E-state index contributed by atoms with van der Waals surface area (Å²) < 4.78 is 26.4. The summed E-state index contributed by atoms with van der Waals surface area (Å²) in [7, 11) is 0. The van der Waals surface area contributed by atoms with Crippen molar-refractivity contribution in [1.82, 2.24) is 14.5 Å². The van der Waals surface area contributed by atoms with E-state index in [2.05, 4.69) is 16.0 Å². The Hall–Kier alpha value is -3.45. The number of aromatic nitrogens is 2. The number of hydrogen-bond donors (Lipinski definition) is 0. The maximum absolute atomic E-state index is 13.0. The van der Waals surface area contributed by atoms with Crippen molar-refractivity contribution in [3.05, 3.63) is 88.0 Å². The van der Waals surface area contributed by atoms with E-state index in [4.69, 9.17) is 9.15 Å². The summed E-state index contributed by atoms with van der Waals surface area (Å²) in [6.45, 7) is 2.38. The van der Waals surface area contributed by atoms with Crippen LogP contribution in [0.15, 0.2) is 64.1 Å². The molecule has 6 rings (SSSR count). The van der Waals surface area contributed by atoms with E-state index in [-0.39, 0.29) is 12.2 Å². The Morgan fingerprint density at radius 3 is 2.94 bits per heavy atom. The predicted octanol–water partition coefficient (Wildman–Crippen LogP) is 4.39. The molecule has 1 unspecified atom stereocenters. The number of nitrogens with zero attached hydrogens (tertiary/aromatic N) is 3. The molecule has 1 aromatic carbocycles. The van der Waals surface area contributed by atoms with Gasteiger partial charge in [0.2, 0.25) is 0 Å². The summed E-state index contributed by atoms with van der Waals surface area (Å²) in [6.07, 6.45) is 6.18. The Morgan fingerprint density at radius 2 is 2.09 bits per heavy atom. The van der Waals surface area contributed by atoms with Gasteiger partial charge in [-0.2, -0.15) is 0 Å². The lowest BCUT2D eigenvalue weighted by Gasteiger charge is -2.28. The van der Waals surface area contributed by atoms with Crippen LogP contribution in [0.3, 0.4) is 0 Å². The van der Waals surface area contributed by atoms with Crippen molar-refractivity contribution >= 4 is 11.0 Å². The van der Waals surface area contributed by atoms with E-state index in [1.54, 1.807) is 22.9 Å². The first-order valence-corrected chi connectivity index (χ1v) is 10.9. The van der Waals surface area contributed by atoms with E-state index in [1.807, 2.05) is 12.1 Å². The summed E-state index contributed by atoms with van der Waals surface area (Å²) in [5, 5.41) is 1.15. The Balaban J connectivity index is 1.27. The van der Waals surface area contributed by atoms with Crippen LogP contribution in [0.25, 0.3) is 16.7 Å². The molecule has 2 aliphatic rings. The molecular weight excluding hydrogens is 409 g/mol. The summed E-state index contributed by atoms with van der Waals surface area (Å²) in [5.74, 6) is 1.13. The normalized spacial score (nSPS) is 18.0. The van der Waals surface area contributed by atoms with Crippen molar-refractivity contribution < 1.29 is 13.5 Å². The molecule has 6 nitrogen and oxygen atoms in total. The molecule has 1 fully saturated rings. The lowest BCUT2D eigenvalue weighted by atomic mass is 9.96. The second kappa shape index (κ2) is 7.60. The van der Waals surface area contributed by atoms with Gasteiger partial charge in [0.05, 0.1) is 17.6 Å². The topological polar surface area (TPSA) is 60.5 Å². The van der Waals surface area contributed by atoms with Gasteiger partial charge < -0.3 is 9.15 Å². The van der Waals surface area contributed by atoms with Gasteiger partial charge in [0.25, 0.3) is 5.56 Å². The van der Waals surface area contributed by atoms with Crippen molar-refractivity contribution in [2.75, 3.05) is 13.1 Å². The molecule has 0 N–H and O–H groups in total. The second-order valence-electron chi connectivity index (χ2n) is 8.39. The highest BCUT2D eigenvalue weighted by Crippen LogP contribution is 2.43. The Bertz CT molecular complexity index is 1360. The average Bonchev–Trinajstić information content (AvgIpc) is 3.42. The molecule has 0 radical (unpaired) electrons. The van der Waals surface area contributed by atoms with Crippen molar-refractivity contribution in [1.29, 1.82) is 0 Å². The molecule has 0 aliphatic carbocycles. The van der Waals surface area contributed by atoms with Crippen molar-refractivity contribution in [3.63, 3.8) is 0 Å². The molecule has 7 heteroatoms. The highest BCUT2D eigenvalue weighted by atomic mass is 19.1. The Kier molecular flexibility index (Phi) is 4.57. The summed E-state index contributed by atoms with van der Waals surface area (Å²) in [6, 6.07) is 12.5. The van der Waals surface area contributed by atoms with Gasteiger partial charge in [-0.25, -0.2) is 4.39 Å². The van der Waals surface area contributed by atoms with Crippen LogP contribution in [0, 0.1) is 5.82 Å². The third-order valence-electron chi connectivity index (χ3n) is 6.46. The quantitative estimate of drug-likeness (QED) is 0.480. The summed E-state index contributed by atoms with van der Waals surface area (Å²) in [4.78, 5) is 19.3. The first-order valence-electron chi connectivity index (χ1n) is 10.9. The highest BCUT2D eigenvalue weighted by Gasteiger charge is 2.34. The molecule has 0 saturated carbocycles. The number of pyridine rings is 2. The van der Waals surface area contributed by atoms with Crippen LogP contribution in [0.2, 0.25) is 0 Å². The van der Waals surface area contributed by atoms with Crippen LogP contribution >= 0.6 is 0 Å². The number of hydrogen-bond acceptors (Lipinski definition) is 5. The number of rotatable bonds is 4. The molecule has 0 spiro atoms. The predicted molar refractivity (Wildman–Crippen MR) is 118 cm³/mol. The van der Waals surface area contributed by atoms with E-state index in [9.17, 15) is 9.18 Å². The van der Waals surface area contributed by atoms with Gasteiger partial charge >= 0.3 is 0 Å². The standard InChI is InChI=1S/C25H22FN3O3/c26-16-3-4-17(27-14-16)15-31-19-7-11-29(24(30)13-19)18-5-6-20-23(12-18)32-22-8-10-28-9-1-2-21(28)25(20)22/h3-7,11-14,21H,1-2,8-10,15H2. The van der Waals surface area contributed by atoms with Crippen LogP contribution in [0.4, 0.5) is 4.39 Å². The van der Waals surface area contributed by atoms with E-state index >= 15 is 0 Å². The van der Waals surface area contributed by atoms with Gasteiger partial charge in [-0.15, -0.1) is 0 Å². The van der Waals surface area contributed by atoms with Crippen LogP contribution in [-0.4, -0.2) is 27.5 Å². The lowest BCUT2D eigenvalue weighted by molar-refractivity contribution is 0.233. The van der Waals surface area contributed by atoms with E-state index in [0.717, 1.165) is 48.1 Å². The highest BCUT2D eigenvalue weighted by molar-refractivity contribution is 5.85. The van der Waals surface area contributed by atoms with Gasteiger partial charge in [0.15, 0.2) is 0 Å². The molecule has 0 bridgehead atoms. The third-order valence-corrected chi connectivity index (χ3v) is 6.46. The second-order valence-corrected chi connectivity index (χ2v) is 8.39. The molecule has 162 valence electrons. The zero-order valence-electron chi connectivity index (χ0n) is 17.5. The molecule has 32 heavy (non-hydrogen) atoms. The number of benzene rings is 1. The molecule has 5 heterocycles. The first-order chi connectivity index (χ1) is 15.7. The van der Waals surface area contributed by atoms with Crippen molar-refractivity contribution in [3.8, 4) is 11.4 Å². The average molecular weight is 431 g/mol. The van der Waals surface area contributed by atoms with Crippen LogP contribution in [0.5, 0.6) is 5.75 Å². The zero-order chi connectivity index (χ0) is 21.7. The monoisotopic (exact) mass is 431 g/mol. The molecule has 1 atom stereocenters. The van der Waals surface area contributed by atoms with Gasteiger partial charge in [0, 0.05) is 48.3 Å². The first kappa shape index (κ1) is 19.3. The molecular formula is C25H22FN3O3. The fraction of sp³-hybridized carbons (Fsp3) is 0.280.